The number of benzene rings is 2. The van der Waals surface area contributed by atoms with Crippen molar-refractivity contribution in [1.82, 2.24) is 20.1 Å². The molecule has 3 heterocycles. The van der Waals surface area contributed by atoms with Gasteiger partial charge >= 0.3 is 0 Å². The van der Waals surface area contributed by atoms with Gasteiger partial charge in [-0.25, -0.2) is 4.98 Å². The highest BCUT2D eigenvalue weighted by molar-refractivity contribution is 6.09. The summed E-state index contributed by atoms with van der Waals surface area (Å²) in [4.78, 5) is 7.15. The third kappa shape index (κ3) is 4.14. The molecule has 4 aromatic rings. The number of hydrogen-bond acceptors (Lipinski definition) is 6. The van der Waals surface area contributed by atoms with Gasteiger partial charge in [0, 0.05) is 35.7 Å². The molecule has 2 N–H and O–H groups in total. The minimum absolute atomic E-state index is 0.294. The zero-order chi connectivity index (χ0) is 21.2. The Morgan fingerprint density at radius 1 is 1.06 bits per heavy atom. The van der Waals surface area contributed by atoms with Crippen molar-refractivity contribution in [3.63, 3.8) is 0 Å². The fourth-order valence-corrected chi connectivity index (χ4v) is 4.07. The summed E-state index contributed by atoms with van der Waals surface area (Å²) in [5.41, 5.74) is 2.63. The second-order valence-electron chi connectivity index (χ2n) is 7.99. The van der Waals surface area contributed by atoms with Crippen LogP contribution in [0.4, 0.5) is 11.5 Å². The van der Waals surface area contributed by atoms with E-state index in [1.54, 1.807) is 0 Å². The number of nitrogens with one attached hydrogen (secondary N) is 2. The van der Waals surface area contributed by atoms with Gasteiger partial charge in [0.05, 0.1) is 12.1 Å². The van der Waals surface area contributed by atoms with Crippen molar-refractivity contribution in [2.24, 2.45) is 0 Å². The zero-order valence-electron chi connectivity index (χ0n) is 17.9. The van der Waals surface area contributed by atoms with Gasteiger partial charge in [-0.05, 0) is 69.3 Å². The van der Waals surface area contributed by atoms with Gasteiger partial charge in [0.1, 0.15) is 23.1 Å². The van der Waals surface area contributed by atoms with E-state index in [9.17, 15) is 0 Å². The Balaban J connectivity index is 1.37. The summed E-state index contributed by atoms with van der Waals surface area (Å²) in [5.74, 6) is 2.46. The smallest absolute Gasteiger partial charge is 0.159 e. The molecular weight excluding hydrogens is 390 g/mol. The van der Waals surface area contributed by atoms with Gasteiger partial charge in [-0.15, -0.1) is 0 Å². The second kappa shape index (κ2) is 8.43. The van der Waals surface area contributed by atoms with Gasteiger partial charge in [0.25, 0.3) is 0 Å². The number of hydrogen-bond donors (Lipinski definition) is 2. The Kier molecular flexibility index (Phi) is 5.34. The summed E-state index contributed by atoms with van der Waals surface area (Å²) in [6.45, 7) is 4.78. The number of pyridine rings is 1. The van der Waals surface area contributed by atoms with Crippen LogP contribution in [0, 0.1) is 0 Å². The lowest BCUT2D eigenvalue weighted by Crippen LogP contribution is -2.35. The minimum Gasteiger partial charge on any atom is -0.494 e. The summed E-state index contributed by atoms with van der Waals surface area (Å²) in [5, 5.41) is 12.8. The van der Waals surface area contributed by atoms with Crippen molar-refractivity contribution in [3.8, 4) is 11.5 Å². The van der Waals surface area contributed by atoms with E-state index >= 15 is 0 Å². The van der Waals surface area contributed by atoms with Gasteiger partial charge in [0.2, 0.25) is 0 Å². The molecule has 2 aromatic carbocycles. The van der Waals surface area contributed by atoms with Crippen LogP contribution in [0.25, 0.3) is 21.8 Å². The number of ether oxygens (including phenoxy) is 2. The van der Waals surface area contributed by atoms with Crippen LogP contribution in [-0.4, -0.2) is 52.9 Å². The third-order valence-corrected chi connectivity index (χ3v) is 5.75. The maximum absolute atomic E-state index is 6.16. The van der Waals surface area contributed by atoms with Crippen LogP contribution in [0.5, 0.6) is 11.5 Å². The number of piperidine rings is 1. The topological polar surface area (TPSA) is 75.3 Å². The molecule has 1 aliphatic heterocycles. The average molecular weight is 418 g/mol. The molecule has 160 valence electrons. The number of anilines is 2. The Bertz CT molecular complexity index is 1180. The molecule has 1 saturated heterocycles. The fraction of sp³-hybridized carbons (Fsp3) is 0.333. The molecule has 0 atom stereocenters. The highest BCUT2D eigenvalue weighted by Gasteiger charge is 2.18. The molecule has 7 nitrogen and oxygen atoms in total. The van der Waals surface area contributed by atoms with Gasteiger partial charge in [-0.1, -0.05) is 0 Å². The Morgan fingerprint density at radius 3 is 2.61 bits per heavy atom. The molecule has 0 saturated carbocycles. The highest BCUT2D eigenvalue weighted by atomic mass is 16.5. The van der Waals surface area contributed by atoms with Gasteiger partial charge in [-0.3, -0.25) is 5.10 Å². The maximum Gasteiger partial charge on any atom is 0.159 e. The zero-order valence-corrected chi connectivity index (χ0v) is 17.9. The number of aromatic amines is 1. The van der Waals surface area contributed by atoms with E-state index in [0.29, 0.717) is 12.7 Å². The SMILES string of the molecule is CCOc1ccc2nc(Nc3ccc(OC4CCN(C)CC4)cc3)c3n[nH]cc3c2c1. The van der Waals surface area contributed by atoms with E-state index in [1.165, 1.54) is 0 Å². The molecule has 7 heteroatoms. The normalized spacial score (nSPS) is 15.4. The fourth-order valence-electron chi connectivity index (χ4n) is 4.07. The van der Waals surface area contributed by atoms with Gasteiger partial charge in [-0.2, -0.15) is 5.10 Å². The molecule has 0 unspecified atom stereocenters. The van der Waals surface area contributed by atoms with Crippen molar-refractivity contribution in [3.05, 3.63) is 48.7 Å². The largest absolute Gasteiger partial charge is 0.494 e. The molecule has 0 aliphatic carbocycles. The van der Waals surface area contributed by atoms with Crippen molar-refractivity contribution in [2.45, 2.75) is 25.9 Å². The predicted molar refractivity (Wildman–Crippen MR) is 123 cm³/mol. The van der Waals surface area contributed by atoms with Crippen LogP contribution in [0.3, 0.4) is 0 Å². The number of likely N-dealkylation sites (tertiary alicyclic amines) is 1. The van der Waals surface area contributed by atoms with Gasteiger partial charge < -0.3 is 19.7 Å². The first-order valence-corrected chi connectivity index (χ1v) is 10.8. The van der Waals surface area contributed by atoms with Crippen LogP contribution >= 0.6 is 0 Å². The predicted octanol–water partition coefficient (Wildman–Crippen LogP) is 4.73. The Labute approximate surface area is 181 Å². The third-order valence-electron chi connectivity index (χ3n) is 5.75. The van der Waals surface area contributed by atoms with Crippen LogP contribution < -0.4 is 14.8 Å². The van der Waals surface area contributed by atoms with Crippen molar-refractivity contribution in [2.75, 3.05) is 32.1 Å². The average Bonchev–Trinajstić information content (AvgIpc) is 3.28. The number of H-pyrrole nitrogens is 1. The lowest BCUT2D eigenvalue weighted by atomic mass is 10.1. The number of fused-ring (bicyclic) bond motifs is 3. The Morgan fingerprint density at radius 2 is 1.84 bits per heavy atom. The quantitative estimate of drug-likeness (QED) is 0.473. The molecule has 2 aromatic heterocycles. The van der Waals surface area contributed by atoms with E-state index in [0.717, 1.165) is 70.7 Å². The molecule has 0 radical (unpaired) electrons. The molecule has 31 heavy (non-hydrogen) atoms. The van der Waals surface area contributed by atoms with Gasteiger partial charge in [0.15, 0.2) is 5.82 Å². The first-order chi connectivity index (χ1) is 15.2. The molecular formula is C24H27N5O2. The number of nitrogens with zero attached hydrogens (tertiary/aromatic N) is 3. The Hall–Kier alpha value is -3.32. The minimum atomic E-state index is 0.294. The first kappa shape index (κ1) is 19.6. The molecule has 1 aliphatic rings. The summed E-state index contributed by atoms with van der Waals surface area (Å²) in [6, 6.07) is 14.0. The van der Waals surface area contributed by atoms with Crippen molar-refractivity contribution in [1.29, 1.82) is 0 Å². The monoisotopic (exact) mass is 417 g/mol. The molecule has 0 amide bonds. The van der Waals surface area contributed by atoms with E-state index in [4.69, 9.17) is 14.5 Å². The lowest BCUT2D eigenvalue weighted by Gasteiger charge is -2.29. The standard InChI is InChI=1S/C24H27N5O2/c1-3-30-19-8-9-22-20(14-19)21-15-25-28-23(21)24(27-22)26-16-4-6-17(7-5-16)31-18-10-12-29(2)13-11-18/h4-9,14-15,18H,3,10-13H2,1-2H3,(H,25,28)(H,26,27). The summed E-state index contributed by atoms with van der Waals surface area (Å²) >= 11 is 0. The first-order valence-electron chi connectivity index (χ1n) is 10.8. The lowest BCUT2D eigenvalue weighted by molar-refractivity contribution is 0.114. The van der Waals surface area contributed by atoms with Crippen LogP contribution in [-0.2, 0) is 0 Å². The van der Waals surface area contributed by atoms with E-state index in [-0.39, 0.29) is 0 Å². The summed E-state index contributed by atoms with van der Waals surface area (Å²) in [6.07, 6.45) is 4.33. The van der Waals surface area contributed by atoms with Crippen molar-refractivity contribution >= 4 is 33.3 Å². The van der Waals surface area contributed by atoms with Crippen LogP contribution in [0.1, 0.15) is 19.8 Å². The van der Waals surface area contributed by atoms with Crippen LogP contribution in [0.15, 0.2) is 48.7 Å². The van der Waals surface area contributed by atoms with E-state index < -0.39 is 0 Å². The van der Waals surface area contributed by atoms with Crippen molar-refractivity contribution < 1.29 is 9.47 Å². The summed E-state index contributed by atoms with van der Waals surface area (Å²) in [7, 11) is 2.16. The molecule has 1 fully saturated rings. The van der Waals surface area contributed by atoms with E-state index in [1.807, 2.05) is 55.6 Å². The van der Waals surface area contributed by atoms with Crippen LogP contribution in [0.2, 0.25) is 0 Å². The number of aromatic nitrogens is 3. The maximum atomic E-state index is 6.16. The molecule has 0 spiro atoms. The molecule has 5 rings (SSSR count). The second-order valence-corrected chi connectivity index (χ2v) is 7.99. The highest BCUT2D eigenvalue weighted by Crippen LogP contribution is 2.32. The number of rotatable bonds is 6. The molecule has 0 bridgehead atoms. The summed E-state index contributed by atoms with van der Waals surface area (Å²) < 4.78 is 11.8. The van der Waals surface area contributed by atoms with E-state index in [2.05, 4.69) is 27.5 Å².